The minimum Gasteiger partial charge on any atom is -0.443 e. The Bertz CT molecular complexity index is 834. The Kier molecular flexibility index (Phi) is 9.17. The van der Waals surface area contributed by atoms with Crippen molar-refractivity contribution in [3.8, 4) is 0 Å². The summed E-state index contributed by atoms with van der Waals surface area (Å²) in [5, 5.41) is 1.84. The summed E-state index contributed by atoms with van der Waals surface area (Å²) in [6.45, 7) is 2.36. The van der Waals surface area contributed by atoms with E-state index in [9.17, 15) is 33.6 Å². The molecule has 0 saturated carbocycles. The third-order valence-corrected chi connectivity index (χ3v) is 8.49. The third-order valence-electron chi connectivity index (χ3n) is 5.67. The molecule has 0 bridgehead atoms. The topological polar surface area (TPSA) is 146 Å². The average Bonchev–Trinajstić information content (AvgIpc) is 3.13. The highest BCUT2D eigenvalue weighted by Crippen LogP contribution is 2.51. The summed E-state index contributed by atoms with van der Waals surface area (Å²) in [7, 11) is -3.31. The molecule has 2 amide bonds. The molecular formula is C19H29FN4O7P2. The van der Waals surface area contributed by atoms with Gasteiger partial charge in [-0.25, -0.2) is 9.18 Å². The molecule has 33 heavy (non-hydrogen) atoms. The summed E-state index contributed by atoms with van der Waals surface area (Å²) in [6, 6.07) is 4.59. The first kappa shape index (κ1) is 26.0. The van der Waals surface area contributed by atoms with Gasteiger partial charge in [-0.1, -0.05) is 0 Å². The van der Waals surface area contributed by atoms with Gasteiger partial charge in [0, 0.05) is 39.1 Å². The number of nitrogens with one attached hydrogen (secondary N) is 1. The molecule has 2 aliphatic rings. The van der Waals surface area contributed by atoms with Crippen LogP contribution in [0.3, 0.4) is 0 Å². The molecule has 11 nitrogen and oxygen atoms in total. The molecule has 5 N–H and O–H groups in total. The molecule has 184 valence electrons. The van der Waals surface area contributed by atoms with Crippen LogP contribution in [0.5, 0.6) is 0 Å². The van der Waals surface area contributed by atoms with Gasteiger partial charge in [0.1, 0.15) is 11.9 Å². The molecule has 3 rings (SSSR count). The zero-order chi connectivity index (χ0) is 24.1. The molecule has 0 spiro atoms. The molecular weight excluding hydrogens is 477 g/mol. The van der Waals surface area contributed by atoms with Gasteiger partial charge in [-0.15, -0.1) is 0 Å². The summed E-state index contributed by atoms with van der Waals surface area (Å²) in [6.07, 6.45) is -0.870. The standard InChI is InChI=1S/C19H29FN4O7P2/c1-21-11-14-12-24(19(26)31-14)13-2-3-16(15(20)10-13)22-6-8-23(9-7-22)17(25)4-5-18(32(27)28)33(29)30/h2-3,10,14,18,21,27-30H,4-9,11-12H2,1H3. The highest BCUT2D eigenvalue weighted by molar-refractivity contribution is 7.64. The van der Waals surface area contributed by atoms with Crippen molar-refractivity contribution in [2.45, 2.75) is 24.3 Å². The van der Waals surface area contributed by atoms with Crippen LogP contribution in [0.4, 0.5) is 20.6 Å². The van der Waals surface area contributed by atoms with Crippen LogP contribution in [0.1, 0.15) is 12.8 Å². The highest BCUT2D eigenvalue weighted by atomic mass is 31.2. The van der Waals surface area contributed by atoms with Crippen molar-refractivity contribution in [1.82, 2.24) is 10.2 Å². The fourth-order valence-electron chi connectivity index (χ4n) is 3.92. The molecule has 1 atom stereocenters. The zero-order valence-corrected chi connectivity index (χ0v) is 20.0. The molecule has 1 aromatic carbocycles. The second-order valence-electron chi connectivity index (χ2n) is 7.84. The minimum absolute atomic E-state index is 0.0271. The van der Waals surface area contributed by atoms with Crippen LogP contribution in [0.25, 0.3) is 0 Å². The molecule has 2 fully saturated rings. The van der Waals surface area contributed by atoms with Gasteiger partial charge >= 0.3 is 6.09 Å². The lowest BCUT2D eigenvalue weighted by Gasteiger charge is -2.36. The van der Waals surface area contributed by atoms with Crippen molar-refractivity contribution in [3.63, 3.8) is 0 Å². The molecule has 0 aromatic heterocycles. The molecule has 2 heterocycles. The van der Waals surface area contributed by atoms with E-state index in [1.807, 2.05) is 4.90 Å². The number of hydrogen-bond donors (Lipinski definition) is 5. The summed E-state index contributed by atoms with van der Waals surface area (Å²) >= 11 is 0. The number of cyclic esters (lactones) is 1. The number of nitrogens with zero attached hydrogens (tertiary/aromatic N) is 3. The summed E-state index contributed by atoms with van der Waals surface area (Å²) in [5.41, 5.74) is 0.798. The van der Waals surface area contributed by atoms with Crippen LogP contribution in [-0.2, 0) is 9.53 Å². The first-order valence-electron chi connectivity index (χ1n) is 10.5. The van der Waals surface area contributed by atoms with Crippen LogP contribution in [0.15, 0.2) is 18.2 Å². The Hall–Kier alpha value is -1.65. The number of amides is 2. The van der Waals surface area contributed by atoms with Gasteiger partial charge in [0.2, 0.25) is 5.91 Å². The lowest BCUT2D eigenvalue weighted by Crippen LogP contribution is -2.49. The van der Waals surface area contributed by atoms with Crippen LogP contribution in [-0.4, -0.2) is 94.3 Å². The van der Waals surface area contributed by atoms with Gasteiger partial charge in [0.05, 0.1) is 23.3 Å². The van der Waals surface area contributed by atoms with E-state index < -0.39 is 34.1 Å². The molecule has 0 aliphatic carbocycles. The third kappa shape index (κ3) is 6.48. The number of halogens is 1. The fraction of sp³-hybridized carbons (Fsp3) is 0.579. The van der Waals surface area contributed by atoms with E-state index in [-0.39, 0.29) is 24.9 Å². The summed E-state index contributed by atoms with van der Waals surface area (Å²) in [4.78, 5) is 66.3. The maximum Gasteiger partial charge on any atom is 0.414 e. The van der Waals surface area contributed by atoms with Gasteiger partial charge in [-0.3, -0.25) is 9.69 Å². The molecule has 14 heteroatoms. The SMILES string of the molecule is CNCC1CN(c2ccc(N3CCN(C(=O)CCC(P(O)O)P(O)O)CC3)c(F)c2)C(=O)O1. The number of likely N-dealkylation sites (N-methyl/N-ethyl adjacent to an activating group) is 1. The Morgan fingerprint density at radius 3 is 2.45 bits per heavy atom. The van der Waals surface area contributed by atoms with Crippen LogP contribution in [0, 0.1) is 5.82 Å². The van der Waals surface area contributed by atoms with Crippen LogP contribution in [0.2, 0.25) is 0 Å². The van der Waals surface area contributed by atoms with Gasteiger partial charge in [-0.05, 0) is 31.7 Å². The van der Waals surface area contributed by atoms with E-state index >= 15 is 0 Å². The number of anilines is 2. The van der Waals surface area contributed by atoms with Crippen molar-refractivity contribution in [2.75, 3.05) is 56.1 Å². The van der Waals surface area contributed by atoms with Crippen LogP contribution >= 0.6 is 16.8 Å². The van der Waals surface area contributed by atoms with Gasteiger partial charge < -0.3 is 39.4 Å². The maximum absolute atomic E-state index is 14.9. The van der Waals surface area contributed by atoms with Crippen molar-refractivity contribution in [3.05, 3.63) is 24.0 Å². The van der Waals surface area contributed by atoms with E-state index in [0.29, 0.717) is 50.6 Å². The number of carbonyl (C=O) groups excluding carboxylic acids is 2. The predicted molar refractivity (Wildman–Crippen MR) is 122 cm³/mol. The lowest BCUT2D eigenvalue weighted by atomic mass is 10.2. The molecule has 2 saturated heterocycles. The Balaban J connectivity index is 1.54. The second-order valence-corrected chi connectivity index (χ2v) is 10.8. The van der Waals surface area contributed by atoms with Gasteiger partial charge in [0.15, 0.2) is 16.8 Å². The number of carbonyl (C=O) groups is 2. The van der Waals surface area contributed by atoms with Crippen molar-refractivity contribution >= 4 is 40.1 Å². The summed E-state index contributed by atoms with van der Waals surface area (Å²) < 4.78 is 20.1. The first-order chi connectivity index (χ1) is 15.7. The quantitative estimate of drug-likeness (QED) is 0.306. The number of ether oxygens (including phenoxy) is 1. The van der Waals surface area contributed by atoms with Gasteiger partial charge in [-0.2, -0.15) is 0 Å². The smallest absolute Gasteiger partial charge is 0.414 e. The Morgan fingerprint density at radius 2 is 1.88 bits per heavy atom. The molecule has 0 radical (unpaired) electrons. The average molecular weight is 506 g/mol. The van der Waals surface area contributed by atoms with E-state index in [1.54, 1.807) is 24.1 Å². The van der Waals surface area contributed by atoms with E-state index in [0.717, 1.165) is 0 Å². The molecule has 1 aromatic rings. The number of hydrogen-bond acceptors (Lipinski definition) is 9. The monoisotopic (exact) mass is 506 g/mol. The van der Waals surface area contributed by atoms with Crippen molar-refractivity contribution in [2.24, 2.45) is 0 Å². The minimum atomic E-state index is -2.53. The Labute approximate surface area is 193 Å². The van der Waals surface area contributed by atoms with E-state index in [1.165, 1.54) is 11.0 Å². The predicted octanol–water partition coefficient (Wildman–Crippen LogP) is 0.718. The van der Waals surface area contributed by atoms with Crippen molar-refractivity contribution in [1.29, 1.82) is 0 Å². The van der Waals surface area contributed by atoms with E-state index in [2.05, 4.69) is 5.32 Å². The Morgan fingerprint density at radius 1 is 1.21 bits per heavy atom. The number of benzene rings is 1. The summed E-state index contributed by atoms with van der Waals surface area (Å²) in [5.74, 6) is -0.702. The molecule has 1 unspecified atom stereocenters. The largest absolute Gasteiger partial charge is 0.443 e. The highest BCUT2D eigenvalue weighted by Gasteiger charge is 2.33. The van der Waals surface area contributed by atoms with Crippen molar-refractivity contribution < 1.29 is 38.3 Å². The first-order valence-corrected chi connectivity index (χ1v) is 13.1. The van der Waals surface area contributed by atoms with E-state index in [4.69, 9.17) is 4.74 Å². The fourth-order valence-corrected chi connectivity index (χ4v) is 5.38. The maximum atomic E-state index is 14.9. The lowest BCUT2D eigenvalue weighted by molar-refractivity contribution is -0.131. The number of piperazine rings is 1. The zero-order valence-electron chi connectivity index (χ0n) is 18.2. The molecule has 2 aliphatic heterocycles. The second kappa shape index (κ2) is 11.7. The van der Waals surface area contributed by atoms with Gasteiger partial charge in [0.25, 0.3) is 0 Å². The number of rotatable bonds is 9. The normalized spacial score (nSPS) is 19.2. The van der Waals surface area contributed by atoms with Crippen LogP contribution < -0.4 is 15.1 Å².